The van der Waals surface area contributed by atoms with E-state index >= 15 is 0 Å². The Morgan fingerprint density at radius 3 is 2.00 bits per heavy atom. The molecule has 0 saturated carbocycles. The Kier molecular flexibility index (Phi) is 7.85. The number of ether oxygens (including phenoxy) is 1. The van der Waals surface area contributed by atoms with Crippen molar-refractivity contribution in [3.63, 3.8) is 0 Å². The Morgan fingerprint density at radius 2 is 1.41 bits per heavy atom. The van der Waals surface area contributed by atoms with Crippen LogP contribution in [0.5, 0.6) is 5.75 Å². The molecule has 1 heterocycles. The van der Waals surface area contributed by atoms with E-state index in [0.717, 1.165) is 10.6 Å². The minimum atomic E-state index is -2.17. The zero-order chi connectivity index (χ0) is 26.7. The normalized spacial score (nSPS) is 13.7. The van der Waals surface area contributed by atoms with E-state index in [2.05, 4.69) is 5.32 Å². The number of anilines is 3. The maximum Gasteiger partial charge on any atom is 0.255 e. The minimum absolute atomic E-state index is 0.0616. The van der Waals surface area contributed by atoms with Crippen molar-refractivity contribution in [2.24, 2.45) is 5.92 Å². The Bertz CT molecular complexity index is 1250. The van der Waals surface area contributed by atoms with Crippen LogP contribution in [0.25, 0.3) is 0 Å². The van der Waals surface area contributed by atoms with Crippen LogP contribution in [0, 0.1) is 35.0 Å². The fraction of sp³-hybridized carbons (Fsp3) is 0.296. The van der Waals surface area contributed by atoms with E-state index in [1.54, 1.807) is 48.5 Å². The van der Waals surface area contributed by atoms with Crippen molar-refractivity contribution in [1.29, 1.82) is 0 Å². The molecule has 4 rings (SSSR count). The van der Waals surface area contributed by atoms with E-state index in [4.69, 9.17) is 4.74 Å². The highest BCUT2D eigenvalue weighted by Gasteiger charge is 2.30. The predicted molar refractivity (Wildman–Crippen MR) is 132 cm³/mol. The van der Waals surface area contributed by atoms with Crippen LogP contribution in [-0.2, 0) is 0 Å². The van der Waals surface area contributed by atoms with E-state index in [1.807, 2.05) is 18.7 Å². The van der Waals surface area contributed by atoms with Gasteiger partial charge in [-0.15, -0.1) is 0 Å². The lowest BCUT2D eigenvalue weighted by Gasteiger charge is -2.37. The fourth-order valence-corrected chi connectivity index (χ4v) is 4.01. The lowest BCUT2D eigenvalue weighted by molar-refractivity contribution is 0.102. The highest BCUT2D eigenvalue weighted by atomic mass is 19.2. The van der Waals surface area contributed by atoms with Gasteiger partial charge in [-0.2, -0.15) is 0 Å². The topological polar surface area (TPSA) is 44.8 Å². The molecule has 0 radical (unpaired) electrons. The van der Waals surface area contributed by atoms with Gasteiger partial charge in [0.25, 0.3) is 5.91 Å². The number of carbonyl (C=O) groups excluding carboxylic acids is 1. The number of piperazine rings is 1. The number of nitrogens with zero attached hydrogens (tertiary/aromatic N) is 2. The molecule has 1 saturated heterocycles. The molecule has 0 aromatic heterocycles. The van der Waals surface area contributed by atoms with E-state index in [0.29, 0.717) is 42.6 Å². The van der Waals surface area contributed by atoms with Crippen LogP contribution in [0.4, 0.5) is 39.0 Å². The smallest absolute Gasteiger partial charge is 0.255 e. The molecule has 0 unspecified atom stereocenters. The standard InChI is InChI=1S/C27H26F5N3O2/c1-16(2)15-37-20-5-3-4-17(14-20)27(36)33-18-6-8-19(9-7-18)34-10-12-35(13-11-34)26-24(31)22(29)21(28)23(30)25(26)32/h3-9,14,16H,10-13,15H2,1-2H3,(H,33,36). The summed E-state index contributed by atoms with van der Waals surface area (Å²) in [6.07, 6.45) is 0. The third-order valence-corrected chi connectivity index (χ3v) is 5.95. The summed E-state index contributed by atoms with van der Waals surface area (Å²) in [5.41, 5.74) is 0.906. The maximum absolute atomic E-state index is 14.2. The summed E-state index contributed by atoms with van der Waals surface area (Å²) < 4.78 is 74.5. The Morgan fingerprint density at radius 1 is 0.838 bits per heavy atom. The van der Waals surface area contributed by atoms with Crippen LogP contribution in [0.3, 0.4) is 0 Å². The van der Waals surface area contributed by atoms with Gasteiger partial charge in [0, 0.05) is 43.1 Å². The van der Waals surface area contributed by atoms with Gasteiger partial charge in [0.1, 0.15) is 11.4 Å². The van der Waals surface area contributed by atoms with Crippen molar-refractivity contribution >= 4 is 23.0 Å². The summed E-state index contributed by atoms with van der Waals surface area (Å²) in [5, 5.41) is 2.83. The molecule has 196 valence electrons. The van der Waals surface area contributed by atoms with Crippen molar-refractivity contribution in [2.45, 2.75) is 13.8 Å². The molecule has 3 aromatic carbocycles. The van der Waals surface area contributed by atoms with Gasteiger partial charge < -0.3 is 19.9 Å². The van der Waals surface area contributed by atoms with Gasteiger partial charge >= 0.3 is 0 Å². The summed E-state index contributed by atoms with van der Waals surface area (Å²) in [4.78, 5) is 15.7. The van der Waals surface area contributed by atoms with Crippen molar-refractivity contribution in [2.75, 3.05) is 47.9 Å². The lowest BCUT2D eigenvalue weighted by Crippen LogP contribution is -2.47. The molecular weight excluding hydrogens is 493 g/mol. The Hall–Kier alpha value is -3.82. The van der Waals surface area contributed by atoms with Crippen LogP contribution in [0.1, 0.15) is 24.2 Å². The number of hydrogen-bond acceptors (Lipinski definition) is 4. The van der Waals surface area contributed by atoms with Gasteiger partial charge in [0.15, 0.2) is 23.3 Å². The van der Waals surface area contributed by atoms with Gasteiger partial charge in [-0.25, -0.2) is 22.0 Å². The second-order valence-electron chi connectivity index (χ2n) is 9.13. The number of halogens is 5. The van der Waals surface area contributed by atoms with E-state index < -0.39 is 34.8 Å². The summed E-state index contributed by atoms with van der Waals surface area (Å²) in [7, 11) is 0. The predicted octanol–water partition coefficient (Wildman–Crippen LogP) is 6.00. The average Bonchev–Trinajstić information content (AvgIpc) is 2.91. The van der Waals surface area contributed by atoms with Gasteiger partial charge in [-0.1, -0.05) is 19.9 Å². The van der Waals surface area contributed by atoms with Gasteiger partial charge in [-0.05, 0) is 48.4 Å². The molecule has 37 heavy (non-hydrogen) atoms. The van der Waals surface area contributed by atoms with E-state index in [-0.39, 0.29) is 19.0 Å². The molecule has 1 aliphatic heterocycles. The first-order chi connectivity index (χ1) is 17.7. The summed E-state index contributed by atoms with van der Waals surface area (Å²) in [6, 6.07) is 13.9. The van der Waals surface area contributed by atoms with E-state index in [9.17, 15) is 26.7 Å². The average molecular weight is 520 g/mol. The minimum Gasteiger partial charge on any atom is -0.493 e. The molecule has 0 atom stereocenters. The first-order valence-electron chi connectivity index (χ1n) is 11.8. The number of benzene rings is 3. The Labute approximate surface area is 211 Å². The molecule has 1 N–H and O–H groups in total. The summed E-state index contributed by atoms with van der Waals surface area (Å²) >= 11 is 0. The summed E-state index contributed by atoms with van der Waals surface area (Å²) in [5.74, 6) is -9.07. The Balaban J connectivity index is 1.37. The molecular formula is C27H26F5N3O2. The summed E-state index contributed by atoms with van der Waals surface area (Å²) in [6.45, 7) is 5.34. The maximum atomic E-state index is 14.2. The number of hydrogen-bond donors (Lipinski definition) is 1. The van der Waals surface area contributed by atoms with Crippen molar-refractivity contribution in [1.82, 2.24) is 0 Å². The van der Waals surface area contributed by atoms with E-state index in [1.165, 1.54) is 0 Å². The van der Waals surface area contributed by atoms with Crippen LogP contribution in [0.15, 0.2) is 48.5 Å². The van der Waals surface area contributed by atoms with Crippen molar-refractivity contribution in [3.05, 3.63) is 83.2 Å². The second kappa shape index (κ2) is 11.1. The lowest BCUT2D eigenvalue weighted by atomic mass is 10.1. The molecule has 5 nitrogen and oxygen atoms in total. The molecule has 1 aliphatic rings. The third kappa shape index (κ3) is 5.79. The SMILES string of the molecule is CC(C)COc1cccc(C(=O)Nc2ccc(N3CCN(c4c(F)c(F)c(F)c(F)c4F)CC3)cc2)c1. The molecule has 0 bridgehead atoms. The molecule has 1 fully saturated rings. The van der Waals surface area contributed by atoms with Crippen molar-refractivity contribution in [3.8, 4) is 5.75 Å². The van der Waals surface area contributed by atoms with Crippen molar-refractivity contribution < 1.29 is 31.5 Å². The van der Waals surface area contributed by atoms with Gasteiger partial charge in [0.2, 0.25) is 5.82 Å². The number of rotatable bonds is 7. The molecule has 3 aromatic rings. The highest BCUT2D eigenvalue weighted by Crippen LogP contribution is 2.31. The second-order valence-corrected chi connectivity index (χ2v) is 9.13. The first-order valence-corrected chi connectivity index (χ1v) is 11.8. The quantitative estimate of drug-likeness (QED) is 0.237. The molecule has 10 heteroatoms. The van der Waals surface area contributed by atoms with Crippen LogP contribution >= 0.6 is 0 Å². The van der Waals surface area contributed by atoms with Crippen LogP contribution in [0.2, 0.25) is 0 Å². The molecule has 0 aliphatic carbocycles. The number of amides is 1. The third-order valence-electron chi connectivity index (χ3n) is 5.95. The molecule has 1 amide bonds. The zero-order valence-electron chi connectivity index (χ0n) is 20.3. The van der Waals surface area contributed by atoms with Crippen LogP contribution in [-0.4, -0.2) is 38.7 Å². The monoisotopic (exact) mass is 519 g/mol. The first kappa shape index (κ1) is 26.2. The molecule has 0 spiro atoms. The number of nitrogens with one attached hydrogen (secondary N) is 1. The number of carbonyl (C=O) groups is 1. The van der Waals surface area contributed by atoms with Gasteiger partial charge in [0.05, 0.1) is 6.61 Å². The van der Waals surface area contributed by atoms with Gasteiger partial charge in [-0.3, -0.25) is 4.79 Å². The largest absolute Gasteiger partial charge is 0.493 e. The zero-order valence-corrected chi connectivity index (χ0v) is 20.3. The highest BCUT2D eigenvalue weighted by molar-refractivity contribution is 6.04. The van der Waals surface area contributed by atoms with Crippen LogP contribution < -0.4 is 19.9 Å². The fourth-order valence-electron chi connectivity index (χ4n) is 4.01.